The van der Waals surface area contributed by atoms with Crippen LogP contribution in [0.4, 0.5) is 10.1 Å². The molecular weight excluding hydrogens is 601 g/mol. The van der Waals surface area contributed by atoms with Crippen LogP contribution in [-0.2, 0) is 33.8 Å². The predicted octanol–water partition coefficient (Wildman–Crippen LogP) is 8.95. The van der Waals surface area contributed by atoms with Gasteiger partial charge >= 0.3 is 5.97 Å². The molecule has 1 atom stereocenters. The van der Waals surface area contributed by atoms with Crippen LogP contribution in [-0.4, -0.2) is 47.2 Å². The van der Waals surface area contributed by atoms with Crippen LogP contribution in [0.5, 0.6) is 0 Å². The molecule has 3 aliphatic rings. The standard InChI is InChI=1S/C41H54FN3O3/c1-26(2)47-39(46)38(48-40(6,7)8)36-29(5)43-28(4)35(37(36)45-20-17-41(18-21-45)15-9-16-41)31-10-11-33-25-44(19-14-30(33)23-31)24-32-12-13-34(42)22-27(32)3/h10-13,22-23,26,38H,9,14-21,24-25H2,1-8H3/t38-/m0/s1. The van der Waals surface area contributed by atoms with Gasteiger partial charge in [-0.3, -0.25) is 9.88 Å². The van der Waals surface area contributed by atoms with Gasteiger partial charge in [0, 0.05) is 55.2 Å². The summed E-state index contributed by atoms with van der Waals surface area (Å²) in [6, 6.07) is 12.0. The van der Waals surface area contributed by atoms with Crippen LogP contribution in [0, 0.1) is 32.0 Å². The van der Waals surface area contributed by atoms with Crippen molar-refractivity contribution in [1.82, 2.24) is 9.88 Å². The lowest BCUT2D eigenvalue weighted by Crippen LogP contribution is -2.44. The van der Waals surface area contributed by atoms with Gasteiger partial charge in [-0.05, 0) is 133 Å². The SMILES string of the molecule is Cc1cc(F)ccc1CN1CCc2cc(-c3c(C)nc(C)c([C@H](OC(C)(C)C)C(=O)OC(C)C)c3N3CCC4(CCC4)CC3)ccc2C1. The van der Waals surface area contributed by atoms with Crippen LogP contribution in [0.1, 0.15) is 112 Å². The molecule has 7 heteroatoms. The monoisotopic (exact) mass is 655 g/mol. The third-order valence-electron chi connectivity index (χ3n) is 10.7. The number of aryl methyl sites for hydroxylation is 3. The molecule has 2 aromatic carbocycles. The van der Waals surface area contributed by atoms with E-state index in [0.29, 0.717) is 5.41 Å². The molecular formula is C41H54FN3O3. The minimum Gasteiger partial charge on any atom is -0.461 e. The van der Waals surface area contributed by atoms with Gasteiger partial charge in [-0.1, -0.05) is 30.7 Å². The number of ether oxygens (including phenoxy) is 2. The number of piperidine rings is 1. The van der Waals surface area contributed by atoms with E-state index in [2.05, 4.69) is 34.9 Å². The van der Waals surface area contributed by atoms with Gasteiger partial charge in [0.25, 0.3) is 0 Å². The molecule has 48 heavy (non-hydrogen) atoms. The Labute approximate surface area is 287 Å². The van der Waals surface area contributed by atoms with E-state index in [1.54, 1.807) is 12.1 Å². The molecule has 1 aliphatic carbocycles. The second kappa shape index (κ2) is 13.5. The van der Waals surface area contributed by atoms with Gasteiger partial charge in [-0.15, -0.1) is 0 Å². The minimum absolute atomic E-state index is 0.184. The van der Waals surface area contributed by atoms with Crippen molar-refractivity contribution in [1.29, 1.82) is 0 Å². The molecule has 0 bridgehead atoms. The third kappa shape index (κ3) is 7.33. The highest BCUT2D eigenvalue weighted by atomic mass is 19.1. The molecule has 2 fully saturated rings. The predicted molar refractivity (Wildman–Crippen MR) is 191 cm³/mol. The molecule has 2 aliphatic heterocycles. The second-order valence-electron chi connectivity index (χ2n) is 15.9. The van der Waals surface area contributed by atoms with Crippen LogP contribution < -0.4 is 4.90 Å². The first-order chi connectivity index (χ1) is 22.7. The third-order valence-corrected chi connectivity index (χ3v) is 10.7. The van der Waals surface area contributed by atoms with Crippen LogP contribution in [0.2, 0.25) is 0 Å². The molecule has 3 aromatic rings. The van der Waals surface area contributed by atoms with E-state index in [4.69, 9.17) is 14.5 Å². The average Bonchev–Trinajstić information content (AvgIpc) is 2.99. The van der Waals surface area contributed by atoms with Gasteiger partial charge in [0.2, 0.25) is 0 Å². The highest BCUT2D eigenvalue weighted by Crippen LogP contribution is 2.51. The first-order valence-electron chi connectivity index (χ1n) is 18.0. The van der Waals surface area contributed by atoms with Crippen molar-refractivity contribution in [3.8, 4) is 11.1 Å². The van der Waals surface area contributed by atoms with E-state index in [0.717, 1.165) is 78.5 Å². The van der Waals surface area contributed by atoms with Crippen LogP contribution >= 0.6 is 0 Å². The Bertz CT molecular complexity index is 1660. The highest BCUT2D eigenvalue weighted by molar-refractivity contribution is 5.88. The minimum atomic E-state index is -0.894. The normalized spacial score (nSPS) is 18.5. The van der Waals surface area contributed by atoms with Crippen molar-refractivity contribution in [2.75, 3.05) is 24.5 Å². The van der Waals surface area contributed by atoms with E-state index in [9.17, 15) is 9.18 Å². The first-order valence-corrected chi connectivity index (χ1v) is 18.0. The molecule has 1 saturated heterocycles. The molecule has 1 aromatic heterocycles. The quantitative estimate of drug-likeness (QED) is 0.226. The number of nitrogens with zero attached hydrogens (tertiary/aromatic N) is 3. The fraction of sp³-hybridized carbons (Fsp3) is 0.561. The summed E-state index contributed by atoms with van der Waals surface area (Å²) >= 11 is 0. The van der Waals surface area contributed by atoms with Crippen LogP contribution in [0.15, 0.2) is 36.4 Å². The van der Waals surface area contributed by atoms with Crippen molar-refractivity contribution in [2.45, 2.75) is 125 Å². The number of carbonyl (C=O) groups excluding carboxylic acids is 1. The number of fused-ring (bicyclic) bond motifs is 1. The topological polar surface area (TPSA) is 54.9 Å². The van der Waals surface area contributed by atoms with Crippen molar-refractivity contribution < 1.29 is 18.7 Å². The number of hydrogen-bond acceptors (Lipinski definition) is 6. The molecule has 6 nitrogen and oxygen atoms in total. The number of rotatable bonds is 8. The van der Waals surface area contributed by atoms with E-state index in [1.807, 2.05) is 54.5 Å². The van der Waals surface area contributed by atoms with Gasteiger partial charge in [-0.2, -0.15) is 0 Å². The maximum Gasteiger partial charge on any atom is 0.340 e. The number of esters is 1. The number of pyridine rings is 1. The summed E-state index contributed by atoms with van der Waals surface area (Å²) in [6.45, 7) is 20.3. The maximum absolute atomic E-state index is 13.9. The Hall–Kier alpha value is -3.29. The summed E-state index contributed by atoms with van der Waals surface area (Å²) < 4.78 is 26.2. The molecule has 0 unspecified atom stereocenters. The number of benzene rings is 2. The molecule has 0 amide bonds. The van der Waals surface area contributed by atoms with Crippen molar-refractivity contribution in [3.05, 3.63) is 81.4 Å². The van der Waals surface area contributed by atoms with E-state index >= 15 is 0 Å². The van der Waals surface area contributed by atoms with E-state index < -0.39 is 11.7 Å². The summed E-state index contributed by atoms with van der Waals surface area (Å²) in [4.78, 5) is 24.0. The second-order valence-corrected chi connectivity index (χ2v) is 15.9. The highest BCUT2D eigenvalue weighted by Gasteiger charge is 2.42. The summed E-state index contributed by atoms with van der Waals surface area (Å²) in [6.07, 6.45) is 6.11. The Balaban J connectivity index is 1.41. The zero-order chi connectivity index (χ0) is 34.4. The number of halogens is 1. The van der Waals surface area contributed by atoms with Gasteiger partial charge in [-0.25, -0.2) is 9.18 Å². The molecule has 6 rings (SSSR count). The van der Waals surface area contributed by atoms with E-state index in [1.165, 1.54) is 48.8 Å². The fourth-order valence-corrected chi connectivity index (χ4v) is 8.07. The van der Waals surface area contributed by atoms with Gasteiger partial charge in [0.15, 0.2) is 6.10 Å². The summed E-state index contributed by atoms with van der Waals surface area (Å²) in [5.41, 5.74) is 10.7. The average molecular weight is 656 g/mol. The number of hydrogen-bond donors (Lipinski definition) is 0. The molecule has 0 radical (unpaired) electrons. The fourth-order valence-electron chi connectivity index (χ4n) is 8.07. The maximum atomic E-state index is 13.9. The largest absolute Gasteiger partial charge is 0.461 e. The van der Waals surface area contributed by atoms with Gasteiger partial charge in [0.05, 0.1) is 17.4 Å². The lowest BCUT2D eigenvalue weighted by molar-refractivity contribution is -0.171. The Morgan fingerprint density at radius 1 is 0.958 bits per heavy atom. The van der Waals surface area contributed by atoms with Crippen LogP contribution in [0.25, 0.3) is 11.1 Å². The molecule has 1 spiro atoms. The molecule has 1 saturated carbocycles. The van der Waals surface area contributed by atoms with Crippen molar-refractivity contribution in [2.24, 2.45) is 5.41 Å². The number of carbonyl (C=O) groups is 1. The summed E-state index contributed by atoms with van der Waals surface area (Å²) in [5.74, 6) is -0.549. The zero-order valence-corrected chi connectivity index (χ0v) is 30.3. The number of aromatic nitrogens is 1. The summed E-state index contributed by atoms with van der Waals surface area (Å²) in [5, 5.41) is 0. The molecule has 0 N–H and O–H groups in total. The van der Waals surface area contributed by atoms with Crippen molar-refractivity contribution >= 4 is 11.7 Å². The Kier molecular flexibility index (Phi) is 9.76. The summed E-state index contributed by atoms with van der Waals surface area (Å²) in [7, 11) is 0. The van der Waals surface area contributed by atoms with Crippen LogP contribution in [0.3, 0.4) is 0 Å². The molecule has 258 valence electrons. The van der Waals surface area contributed by atoms with E-state index in [-0.39, 0.29) is 17.9 Å². The van der Waals surface area contributed by atoms with Gasteiger partial charge in [0.1, 0.15) is 5.82 Å². The molecule has 3 heterocycles. The van der Waals surface area contributed by atoms with Crippen molar-refractivity contribution in [3.63, 3.8) is 0 Å². The van der Waals surface area contributed by atoms with Gasteiger partial charge < -0.3 is 14.4 Å². The number of anilines is 1. The smallest absolute Gasteiger partial charge is 0.340 e. The lowest BCUT2D eigenvalue weighted by Gasteiger charge is -2.49. The first kappa shape index (κ1) is 34.6. The Morgan fingerprint density at radius 3 is 2.31 bits per heavy atom. The Morgan fingerprint density at radius 2 is 1.69 bits per heavy atom. The zero-order valence-electron chi connectivity index (χ0n) is 30.3. The lowest BCUT2D eigenvalue weighted by atomic mass is 9.63.